The Labute approximate surface area is 195 Å². The van der Waals surface area contributed by atoms with E-state index in [1.165, 1.54) is 50.5 Å². The van der Waals surface area contributed by atoms with Crippen LogP contribution in [0.1, 0.15) is 86.2 Å². The summed E-state index contributed by atoms with van der Waals surface area (Å²) in [6, 6.07) is 6.91. The number of fused-ring (bicyclic) bond motifs is 1. The third-order valence-corrected chi connectivity index (χ3v) is 9.46. The summed E-state index contributed by atoms with van der Waals surface area (Å²) >= 11 is 0. The van der Waals surface area contributed by atoms with Gasteiger partial charge in [-0.1, -0.05) is 25.0 Å². The smallest absolute Gasteiger partial charge is 0.255 e. The average Bonchev–Trinajstić information content (AvgIpc) is 3.03. The summed E-state index contributed by atoms with van der Waals surface area (Å²) in [6.07, 6.45) is 11.2. The minimum atomic E-state index is -0.545. The number of hydrogen-bond donors (Lipinski definition) is 2. The predicted octanol–water partition coefficient (Wildman–Crippen LogP) is 3.33. The number of benzene rings is 1. The van der Waals surface area contributed by atoms with Gasteiger partial charge in [0.25, 0.3) is 5.91 Å². The molecule has 33 heavy (non-hydrogen) atoms. The molecule has 2 bridgehead atoms. The van der Waals surface area contributed by atoms with Crippen LogP contribution in [0.25, 0.3) is 0 Å². The van der Waals surface area contributed by atoms with E-state index in [1.807, 2.05) is 6.07 Å². The van der Waals surface area contributed by atoms with Crippen LogP contribution < -0.4 is 10.6 Å². The van der Waals surface area contributed by atoms with Crippen molar-refractivity contribution in [3.63, 3.8) is 0 Å². The van der Waals surface area contributed by atoms with Crippen molar-refractivity contribution in [2.75, 3.05) is 0 Å². The molecule has 0 aromatic heterocycles. The molecular weight excluding hydrogens is 414 g/mol. The van der Waals surface area contributed by atoms with E-state index in [9.17, 15) is 14.4 Å². The molecule has 2 heterocycles. The Morgan fingerprint density at radius 1 is 1.12 bits per heavy atom. The molecule has 2 unspecified atom stereocenters. The van der Waals surface area contributed by atoms with Gasteiger partial charge in [-0.25, -0.2) is 0 Å². The van der Waals surface area contributed by atoms with Crippen molar-refractivity contribution in [3.8, 4) is 0 Å². The molecule has 1 saturated heterocycles. The molecule has 4 saturated carbocycles. The zero-order chi connectivity index (χ0) is 22.7. The summed E-state index contributed by atoms with van der Waals surface area (Å²) < 4.78 is 0. The van der Waals surface area contributed by atoms with Gasteiger partial charge in [0.1, 0.15) is 6.04 Å². The maximum Gasteiger partial charge on any atom is 0.255 e. The number of nitrogens with one attached hydrogen (secondary N) is 2. The van der Waals surface area contributed by atoms with E-state index in [0.717, 1.165) is 17.9 Å². The molecule has 4 atom stereocenters. The Balaban J connectivity index is 1.13. The molecule has 4 aliphatic carbocycles. The molecule has 3 amide bonds. The van der Waals surface area contributed by atoms with Crippen LogP contribution in [-0.2, 0) is 22.6 Å². The van der Waals surface area contributed by atoms with E-state index < -0.39 is 6.04 Å². The summed E-state index contributed by atoms with van der Waals surface area (Å²) in [5.74, 6) is 0.971. The molecular formula is C27H35N3O3. The molecule has 0 spiro atoms. The lowest BCUT2D eigenvalue weighted by molar-refractivity contribution is -0.136. The molecule has 6 heteroatoms. The van der Waals surface area contributed by atoms with E-state index in [4.69, 9.17) is 0 Å². The highest BCUT2D eigenvalue weighted by molar-refractivity contribution is 6.05. The lowest BCUT2D eigenvalue weighted by atomic mass is 9.42. The Hall–Kier alpha value is -2.21. The Bertz CT molecular complexity index is 987. The summed E-state index contributed by atoms with van der Waals surface area (Å²) in [7, 11) is 0. The van der Waals surface area contributed by atoms with Crippen molar-refractivity contribution in [2.45, 2.75) is 95.8 Å². The minimum Gasteiger partial charge on any atom is -0.322 e. The largest absolute Gasteiger partial charge is 0.322 e. The summed E-state index contributed by atoms with van der Waals surface area (Å²) in [4.78, 5) is 38.4. The zero-order valence-corrected chi connectivity index (χ0v) is 19.6. The van der Waals surface area contributed by atoms with Crippen LogP contribution >= 0.6 is 0 Å². The standard InChI is InChI=1S/C27H35N3O3/c1-16(27-12-18(13-27)14-27)28-22-5-3-2-4-19(22)10-17-6-7-21-20(11-17)15-30(26(21)33)23-8-9-24(31)29-25(23)32/h6-7,11,16,18-19,22-23,28H,2-5,8-10,12-15H2,1H3,(H,29,31,32)/t16?,18?,19-,22+,23?,27?/m1/s1. The van der Waals surface area contributed by atoms with Gasteiger partial charge in [-0.05, 0) is 86.3 Å². The predicted molar refractivity (Wildman–Crippen MR) is 124 cm³/mol. The Kier molecular flexibility index (Phi) is 5.13. The first-order chi connectivity index (χ1) is 15.9. The van der Waals surface area contributed by atoms with Gasteiger partial charge >= 0.3 is 0 Å². The van der Waals surface area contributed by atoms with Gasteiger partial charge in [0.15, 0.2) is 0 Å². The monoisotopic (exact) mass is 449 g/mol. The number of imide groups is 1. The highest BCUT2D eigenvalue weighted by Gasteiger charge is 2.59. The fourth-order valence-corrected chi connectivity index (χ4v) is 7.30. The average molecular weight is 450 g/mol. The van der Waals surface area contributed by atoms with Crippen LogP contribution in [0.3, 0.4) is 0 Å². The molecule has 6 nitrogen and oxygen atoms in total. The van der Waals surface area contributed by atoms with Crippen molar-refractivity contribution in [1.82, 2.24) is 15.5 Å². The van der Waals surface area contributed by atoms with Gasteiger partial charge < -0.3 is 10.2 Å². The fraction of sp³-hybridized carbons (Fsp3) is 0.667. The van der Waals surface area contributed by atoms with Crippen molar-refractivity contribution in [3.05, 3.63) is 34.9 Å². The topological polar surface area (TPSA) is 78.5 Å². The third kappa shape index (κ3) is 3.61. The summed E-state index contributed by atoms with van der Waals surface area (Å²) in [6.45, 7) is 2.87. The van der Waals surface area contributed by atoms with Crippen molar-refractivity contribution >= 4 is 17.7 Å². The zero-order valence-electron chi connectivity index (χ0n) is 19.6. The van der Waals surface area contributed by atoms with Crippen molar-refractivity contribution in [2.24, 2.45) is 17.3 Å². The van der Waals surface area contributed by atoms with Gasteiger partial charge in [0, 0.05) is 30.6 Å². The Morgan fingerprint density at radius 3 is 2.64 bits per heavy atom. The second-order valence-corrected chi connectivity index (χ2v) is 11.5. The summed E-state index contributed by atoms with van der Waals surface area (Å²) in [5, 5.41) is 6.44. The SMILES string of the molecule is CC(N[C@H]1CCCC[C@@H]1Cc1ccc2c(c1)CN(C1CCC(=O)NC1=O)C2=O)C12CC(C1)C2. The molecule has 1 aromatic carbocycles. The van der Waals surface area contributed by atoms with Crippen LogP contribution in [0.2, 0.25) is 0 Å². The maximum absolute atomic E-state index is 13.0. The van der Waals surface area contributed by atoms with Gasteiger partial charge in [0.05, 0.1) is 0 Å². The van der Waals surface area contributed by atoms with Gasteiger partial charge in [-0.3, -0.25) is 19.7 Å². The van der Waals surface area contributed by atoms with Crippen LogP contribution in [0.15, 0.2) is 18.2 Å². The summed E-state index contributed by atoms with van der Waals surface area (Å²) in [5.41, 5.74) is 3.62. The molecule has 6 aliphatic rings. The minimum absolute atomic E-state index is 0.0874. The number of piperidine rings is 1. The van der Waals surface area contributed by atoms with Crippen LogP contribution in [-0.4, -0.2) is 40.7 Å². The van der Waals surface area contributed by atoms with Crippen LogP contribution in [0.5, 0.6) is 0 Å². The van der Waals surface area contributed by atoms with Crippen molar-refractivity contribution < 1.29 is 14.4 Å². The number of rotatable bonds is 6. The fourth-order valence-electron chi connectivity index (χ4n) is 7.30. The highest BCUT2D eigenvalue weighted by Crippen LogP contribution is 2.66. The van der Waals surface area contributed by atoms with Gasteiger partial charge in [-0.15, -0.1) is 0 Å². The number of carbonyl (C=O) groups is 3. The van der Waals surface area contributed by atoms with Gasteiger partial charge in [0.2, 0.25) is 11.8 Å². The maximum atomic E-state index is 13.0. The first-order valence-electron chi connectivity index (χ1n) is 12.9. The number of hydrogen-bond acceptors (Lipinski definition) is 4. The number of carbonyl (C=O) groups excluding carboxylic acids is 3. The lowest BCUT2D eigenvalue weighted by Gasteiger charge is -2.65. The van der Waals surface area contributed by atoms with E-state index in [2.05, 4.69) is 29.7 Å². The van der Waals surface area contributed by atoms with Gasteiger partial charge in [-0.2, -0.15) is 0 Å². The van der Waals surface area contributed by atoms with E-state index in [1.54, 1.807) is 4.90 Å². The molecule has 7 rings (SSSR count). The molecule has 176 valence electrons. The Morgan fingerprint density at radius 2 is 1.91 bits per heavy atom. The lowest BCUT2D eigenvalue weighted by Crippen LogP contribution is -2.63. The first kappa shape index (κ1) is 21.3. The second kappa shape index (κ2) is 7.93. The molecule has 0 radical (unpaired) electrons. The number of amides is 3. The third-order valence-electron chi connectivity index (χ3n) is 9.46. The first-order valence-corrected chi connectivity index (χ1v) is 12.9. The highest BCUT2D eigenvalue weighted by atomic mass is 16.2. The normalized spacial score (nSPS) is 36.0. The second-order valence-electron chi connectivity index (χ2n) is 11.5. The van der Waals surface area contributed by atoms with E-state index >= 15 is 0 Å². The quantitative estimate of drug-likeness (QED) is 0.653. The van der Waals surface area contributed by atoms with Crippen LogP contribution in [0, 0.1) is 17.3 Å². The molecule has 2 aliphatic heterocycles. The molecule has 2 N–H and O–H groups in total. The van der Waals surface area contributed by atoms with Crippen molar-refractivity contribution in [1.29, 1.82) is 0 Å². The van der Waals surface area contributed by atoms with E-state index in [0.29, 0.717) is 41.9 Å². The van der Waals surface area contributed by atoms with Crippen LogP contribution in [0.4, 0.5) is 0 Å². The molecule has 5 fully saturated rings. The number of nitrogens with zero attached hydrogens (tertiary/aromatic N) is 1. The molecule has 1 aromatic rings. The van der Waals surface area contributed by atoms with E-state index in [-0.39, 0.29) is 24.1 Å².